The van der Waals surface area contributed by atoms with Crippen LogP contribution in [0.15, 0.2) is 75.6 Å². The lowest BCUT2D eigenvalue weighted by Gasteiger charge is -2.06. The van der Waals surface area contributed by atoms with E-state index in [1.165, 1.54) is 0 Å². The third-order valence-corrected chi connectivity index (χ3v) is 5.45. The van der Waals surface area contributed by atoms with Crippen molar-refractivity contribution in [2.24, 2.45) is 0 Å². The summed E-state index contributed by atoms with van der Waals surface area (Å²) in [5.41, 5.74) is 4.53. The Bertz CT molecular complexity index is 1270. The molecule has 0 amide bonds. The standard InChI is InChI=1S/C24H18BrClN2O3/c25-17-6-3-15(4-7-17)2-1-11-27-18-8-9-19(20(26)14-18)24-28-21-10-5-16(13-23(29)30)12-22(21)31-24/h1-10,12,14,27H,11,13H2,(H,29,30). The highest BCUT2D eigenvalue weighted by Gasteiger charge is 2.13. The molecule has 0 bridgehead atoms. The second-order valence-electron chi connectivity index (χ2n) is 6.92. The first-order valence-electron chi connectivity index (χ1n) is 9.55. The molecular weight excluding hydrogens is 480 g/mol. The van der Waals surface area contributed by atoms with Crippen LogP contribution in [0, 0.1) is 0 Å². The second-order valence-corrected chi connectivity index (χ2v) is 8.24. The Morgan fingerprint density at radius 2 is 1.94 bits per heavy atom. The first kappa shape index (κ1) is 21.2. The van der Waals surface area contributed by atoms with Gasteiger partial charge in [0.25, 0.3) is 0 Å². The minimum Gasteiger partial charge on any atom is -0.481 e. The van der Waals surface area contributed by atoms with Crippen LogP contribution < -0.4 is 5.32 Å². The van der Waals surface area contributed by atoms with Crippen molar-refractivity contribution in [2.45, 2.75) is 6.42 Å². The van der Waals surface area contributed by atoms with Crippen LogP contribution in [0.25, 0.3) is 28.6 Å². The fourth-order valence-electron chi connectivity index (χ4n) is 3.11. The molecule has 0 unspecified atom stereocenters. The molecule has 0 fully saturated rings. The van der Waals surface area contributed by atoms with Crippen LogP contribution in [0.1, 0.15) is 11.1 Å². The van der Waals surface area contributed by atoms with Gasteiger partial charge in [-0.15, -0.1) is 0 Å². The van der Waals surface area contributed by atoms with Gasteiger partial charge in [0.2, 0.25) is 5.89 Å². The molecule has 1 heterocycles. The number of aromatic nitrogens is 1. The molecule has 7 heteroatoms. The molecule has 0 aliphatic heterocycles. The largest absolute Gasteiger partial charge is 0.481 e. The third-order valence-electron chi connectivity index (χ3n) is 4.61. The maximum atomic E-state index is 10.9. The van der Waals surface area contributed by atoms with Gasteiger partial charge in [0.15, 0.2) is 5.58 Å². The van der Waals surface area contributed by atoms with E-state index in [1.807, 2.05) is 54.6 Å². The van der Waals surface area contributed by atoms with Crippen molar-refractivity contribution in [1.82, 2.24) is 4.98 Å². The Hall–Kier alpha value is -3.09. The van der Waals surface area contributed by atoms with Crippen molar-refractivity contribution in [3.8, 4) is 11.5 Å². The highest BCUT2D eigenvalue weighted by atomic mass is 79.9. The van der Waals surface area contributed by atoms with Crippen molar-refractivity contribution in [1.29, 1.82) is 0 Å². The summed E-state index contributed by atoms with van der Waals surface area (Å²) in [6.07, 6.45) is 4.02. The van der Waals surface area contributed by atoms with Gasteiger partial charge in [0.05, 0.1) is 17.0 Å². The van der Waals surface area contributed by atoms with E-state index < -0.39 is 5.97 Å². The number of halogens is 2. The lowest BCUT2D eigenvalue weighted by molar-refractivity contribution is -0.136. The summed E-state index contributed by atoms with van der Waals surface area (Å²) in [6, 6.07) is 18.9. The number of carbonyl (C=O) groups is 1. The number of rotatable bonds is 7. The van der Waals surface area contributed by atoms with Crippen LogP contribution in [-0.2, 0) is 11.2 Å². The SMILES string of the molecule is O=C(O)Cc1ccc2nc(-c3ccc(NCC=Cc4ccc(Br)cc4)cc3Cl)oc2c1. The number of carboxylic acids is 1. The number of benzene rings is 3. The summed E-state index contributed by atoms with van der Waals surface area (Å²) in [5.74, 6) is -0.494. The third kappa shape index (κ3) is 5.34. The van der Waals surface area contributed by atoms with Gasteiger partial charge < -0.3 is 14.8 Å². The van der Waals surface area contributed by atoms with Crippen LogP contribution in [-0.4, -0.2) is 22.6 Å². The van der Waals surface area contributed by atoms with E-state index in [4.69, 9.17) is 21.1 Å². The van der Waals surface area contributed by atoms with Gasteiger partial charge in [0, 0.05) is 16.7 Å². The van der Waals surface area contributed by atoms with Crippen molar-refractivity contribution < 1.29 is 14.3 Å². The molecule has 0 saturated heterocycles. The number of aliphatic carboxylic acids is 1. The fourth-order valence-corrected chi connectivity index (χ4v) is 3.64. The summed E-state index contributed by atoms with van der Waals surface area (Å²) >= 11 is 9.90. The highest BCUT2D eigenvalue weighted by molar-refractivity contribution is 9.10. The summed E-state index contributed by atoms with van der Waals surface area (Å²) in [6.45, 7) is 0.654. The molecule has 0 atom stereocenters. The second kappa shape index (κ2) is 9.37. The first-order valence-corrected chi connectivity index (χ1v) is 10.7. The lowest BCUT2D eigenvalue weighted by Crippen LogP contribution is -1.99. The summed E-state index contributed by atoms with van der Waals surface area (Å²) in [4.78, 5) is 15.4. The predicted octanol–water partition coefficient (Wildman–Crippen LogP) is 6.66. The van der Waals surface area contributed by atoms with Crippen LogP contribution in [0.3, 0.4) is 0 Å². The molecule has 4 aromatic rings. The molecule has 0 aliphatic carbocycles. The van der Waals surface area contributed by atoms with Crippen molar-refractivity contribution in [2.75, 3.05) is 11.9 Å². The first-order chi connectivity index (χ1) is 15.0. The van der Waals surface area contributed by atoms with Crippen molar-refractivity contribution in [3.63, 3.8) is 0 Å². The Labute approximate surface area is 192 Å². The minimum atomic E-state index is -0.892. The number of carboxylic acid groups (broad SMARTS) is 1. The fraction of sp³-hybridized carbons (Fsp3) is 0.0833. The lowest BCUT2D eigenvalue weighted by atomic mass is 10.1. The van der Waals surface area contributed by atoms with E-state index >= 15 is 0 Å². The number of fused-ring (bicyclic) bond motifs is 1. The van der Waals surface area contributed by atoms with Gasteiger partial charge in [-0.3, -0.25) is 4.79 Å². The van der Waals surface area contributed by atoms with E-state index in [-0.39, 0.29) is 6.42 Å². The number of anilines is 1. The van der Waals surface area contributed by atoms with E-state index in [0.29, 0.717) is 39.7 Å². The van der Waals surface area contributed by atoms with E-state index in [2.05, 4.69) is 26.2 Å². The Morgan fingerprint density at radius 3 is 2.68 bits per heavy atom. The van der Waals surface area contributed by atoms with Gasteiger partial charge in [-0.1, -0.05) is 57.9 Å². The maximum Gasteiger partial charge on any atom is 0.307 e. The van der Waals surface area contributed by atoms with Gasteiger partial charge in [-0.2, -0.15) is 0 Å². The zero-order valence-corrected chi connectivity index (χ0v) is 18.7. The number of hydrogen-bond acceptors (Lipinski definition) is 4. The molecule has 0 spiro atoms. The Kier molecular flexibility index (Phi) is 6.39. The van der Waals surface area contributed by atoms with Gasteiger partial charge in [0.1, 0.15) is 5.52 Å². The van der Waals surface area contributed by atoms with Gasteiger partial charge >= 0.3 is 5.97 Å². The van der Waals surface area contributed by atoms with Crippen LogP contribution in [0.2, 0.25) is 5.02 Å². The highest BCUT2D eigenvalue weighted by Crippen LogP contribution is 2.32. The summed E-state index contributed by atoms with van der Waals surface area (Å²) < 4.78 is 6.88. The number of nitrogens with zero attached hydrogens (tertiary/aromatic N) is 1. The molecular formula is C24H18BrClN2O3. The number of nitrogens with one attached hydrogen (secondary N) is 1. The van der Waals surface area contributed by atoms with E-state index in [0.717, 1.165) is 15.7 Å². The maximum absolute atomic E-state index is 10.9. The number of oxazole rings is 1. The quantitative estimate of drug-likeness (QED) is 0.298. The van der Waals surface area contributed by atoms with E-state index in [1.54, 1.807) is 18.2 Å². The van der Waals surface area contributed by atoms with Crippen LogP contribution >= 0.6 is 27.5 Å². The molecule has 5 nitrogen and oxygen atoms in total. The average Bonchev–Trinajstić information content (AvgIpc) is 3.15. The monoisotopic (exact) mass is 496 g/mol. The molecule has 0 saturated carbocycles. The summed E-state index contributed by atoms with van der Waals surface area (Å²) in [5, 5.41) is 12.8. The molecule has 3 aromatic carbocycles. The molecule has 1 aromatic heterocycles. The average molecular weight is 498 g/mol. The topological polar surface area (TPSA) is 75.4 Å². The molecule has 0 radical (unpaired) electrons. The van der Waals surface area contributed by atoms with Crippen molar-refractivity contribution >= 4 is 56.4 Å². The smallest absolute Gasteiger partial charge is 0.307 e. The normalized spacial score (nSPS) is 11.3. The van der Waals surface area contributed by atoms with Gasteiger partial charge in [-0.05, 0) is 53.6 Å². The molecule has 0 aliphatic rings. The molecule has 2 N–H and O–H groups in total. The van der Waals surface area contributed by atoms with Crippen LogP contribution in [0.5, 0.6) is 0 Å². The van der Waals surface area contributed by atoms with Crippen LogP contribution in [0.4, 0.5) is 5.69 Å². The Morgan fingerprint density at radius 1 is 1.13 bits per heavy atom. The van der Waals surface area contributed by atoms with Gasteiger partial charge in [-0.25, -0.2) is 4.98 Å². The zero-order valence-electron chi connectivity index (χ0n) is 16.3. The Balaban J connectivity index is 1.45. The number of hydrogen-bond donors (Lipinski definition) is 2. The molecule has 4 rings (SSSR count). The predicted molar refractivity (Wildman–Crippen MR) is 127 cm³/mol. The van der Waals surface area contributed by atoms with E-state index in [9.17, 15) is 4.79 Å². The molecule has 31 heavy (non-hydrogen) atoms. The zero-order chi connectivity index (χ0) is 21.8. The van der Waals surface area contributed by atoms with Crippen molar-refractivity contribution in [3.05, 3.63) is 87.4 Å². The molecule has 156 valence electrons. The summed E-state index contributed by atoms with van der Waals surface area (Å²) in [7, 11) is 0. The minimum absolute atomic E-state index is 0.0661.